The first-order valence-corrected chi connectivity index (χ1v) is 8.73. The van der Waals surface area contributed by atoms with E-state index in [1.807, 2.05) is 13.8 Å². The number of hydrogen-bond acceptors (Lipinski definition) is 7. The zero-order valence-electron chi connectivity index (χ0n) is 14.9. The molecule has 0 unspecified atom stereocenters. The molecule has 25 heavy (non-hydrogen) atoms. The second-order valence-electron chi connectivity index (χ2n) is 6.85. The van der Waals surface area contributed by atoms with Gasteiger partial charge in [-0.2, -0.15) is 4.98 Å². The fourth-order valence-electron chi connectivity index (χ4n) is 3.65. The molecule has 7 nitrogen and oxygen atoms in total. The van der Waals surface area contributed by atoms with Crippen LogP contribution in [0.1, 0.15) is 35.8 Å². The quantitative estimate of drug-likeness (QED) is 0.726. The second kappa shape index (κ2) is 6.38. The van der Waals surface area contributed by atoms with Crippen molar-refractivity contribution in [3.63, 3.8) is 0 Å². The van der Waals surface area contributed by atoms with Gasteiger partial charge >= 0.3 is 0 Å². The van der Waals surface area contributed by atoms with Gasteiger partial charge in [0.25, 0.3) is 0 Å². The number of aromatic nitrogens is 5. The van der Waals surface area contributed by atoms with Crippen LogP contribution < -0.4 is 4.90 Å². The van der Waals surface area contributed by atoms with Gasteiger partial charge in [-0.1, -0.05) is 5.16 Å². The zero-order valence-corrected chi connectivity index (χ0v) is 14.9. The van der Waals surface area contributed by atoms with E-state index in [9.17, 15) is 0 Å². The van der Waals surface area contributed by atoms with Crippen molar-refractivity contribution in [2.75, 3.05) is 18.0 Å². The Balaban J connectivity index is 1.52. The number of nitrogens with zero attached hydrogens (tertiary/aromatic N) is 6. The molecule has 0 atom stereocenters. The van der Waals surface area contributed by atoms with Crippen LogP contribution in [-0.4, -0.2) is 38.2 Å². The number of fused-ring (bicyclic) bond motifs is 1. The molecule has 0 saturated carbocycles. The highest BCUT2D eigenvalue weighted by molar-refractivity contribution is 5.90. The number of pyridine rings is 1. The third-order valence-electron chi connectivity index (χ3n) is 4.86. The van der Waals surface area contributed by atoms with E-state index in [1.165, 1.54) is 5.56 Å². The molecule has 0 aromatic carbocycles. The van der Waals surface area contributed by atoms with Crippen LogP contribution in [0.25, 0.3) is 11.0 Å². The molecule has 130 valence electrons. The van der Waals surface area contributed by atoms with Gasteiger partial charge in [-0.3, -0.25) is 0 Å². The Morgan fingerprint density at radius 3 is 2.64 bits per heavy atom. The Morgan fingerprint density at radius 1 is 1.12 bits per heavy atom. The molecule has 3 aromatic rings. The third-order valence-corrected chi connectivity index (χ3v) is 4.86. The predicted octanol–water partition coefficient (Wildman–Crippen LogP) is 2.79. The Labute approximate surface area is 146 Å². The number of piperidine rings is 1. The minimum atomic E-state index is 0.575. The average Bonchev–Trinajstić information content (AvgIpc) is 2.99. The Hall–Kier alpha value is -2.57. The Morgan fingerprint density at radius 2 is 1.92 bits per heavy atom. The molecule has 1 fully saturated rings. The zero-order chi connectivity index (χ0) is 17.4. The molecular formula is C18H22N6O. The summed E-state index contributed by atoms with van der Waals surface area (Å²) in [6.45, 7) is 7.90. The van der Waals surface area contributed by atoms with E-state index < -0.39 is 0 Å². The summed E-state index contributed by atoms with van der Waals surface area (Å²) in [6, 6.07) is 2.10. The molecule has 0 radical (unpaired) electrons. The van der Waals surface area contributed by atoms with Gasteiger partial charge in [0.1, 0.15) is 12.1 Å². The predicted molar refractivity (Wildman–Crippen MR) is 94.5 cm³/mol. The van der Waals surface area contributed by atoms with Gasteiger partial charge in [0.2, 0.25) is 5.89 Å². The lowest BCUT2D eigenvalue weighted by molar-refractivity contribution is 0.323. The minimum absolute atomic E-state index is 0.575. The first-order valence-electron chi connectivity index (χ1n) is 8.73. The van der Waals surface area contributed by atoms with Crippen LogP contribution in [0.5, 0.6) is 0 Å². The maximum Gasteiger partial charge on any atom is 0.226 e. The summed E-state index contributed by atoms with van der Waals surface area (Å²) in [6.07, 6.45) is 4.66. The van der Waals surface area contributed by atoms with Crippen molar-refractivity contribution in [2.24, 2.45) is 5.92 Å². The molecule has 4 heterocycles. The first-order chi connectivity index (χ1) is 12.1. The lowest BCUT2D eigenvalue weighted by atomic mass is 9.93. The summed E-state index contributed by atoms with van der Waals surface area (Å²) in [5.74, 6) is 3.03. The molecule has 0 N–H and O–H groups in total. The molecule has 0 bridgehead atoms. The van der Waals surface area contributed by atoms with E-state index in [0.717, 1.165) is 60.8 Å². The van der Waals surface area contributed by atoms with E-state index in [0.29, 0.717) is 11.7 Å². The molecular weight excluding hydrogens is 316 g/mol. The van der Waals surface area contributed by atoms with Crippen molar-refractivity contribution in [1.82, 2.24) is 25.1 Å². The molecule has 3 aromatic heterocycles. The maximum atomic E-state index is 5.26. The lowest BCUT2D eigenvalue weighted by Gasteiger charge is -2.33. The van der Waals surface area contributed by atoms with Gasteiger partial charge in [0.15, 0.2) is 11.5 Å². The van der Waals surface area contributed by atoms with Crippen LogP contribution >= 0.6 is 0 Å². The number of rotatable bonds is 3. The highest BCUT2D eigenvalue weighted by Crippen LogP contribution is 2.30. The van der Waals surface area contributed by atoms with Gasteiger partial charge in [0, 0.05) is 25.2 Å². The van der Waals surface area contributed by atoms with Gasteiger partial charge in [-0.15, -0.1) is 0 Å². The highest BCUT2D eigenvalue weighted by Gasteiger charge is 2.24. The van der Waals surface area contributed by atoms with E-state index in [4.69, 9.17) is 4.52 Å². The van der Waals surface area contributed by atoms with Crippen LogP contribution in [0.15, 0.2) is 16.9 Å². The van der Waals surface area contributed by atoms with E-state index in [-0.39, 0.29) is 0 Å². The second-order valence-corrected chi connectivity index (χ2v) is 6.85. The highest BCUT2D eigenvalue weighted by atomic mass is 16.5. The number of anilines is 1. The molecule has 0 aliphatic carbocycles. The van der Waals surface area contributed by atoms with Crippen LogP contribution in [0.2, 0.25) is 0 Å². The van der Waals surface area contributed by atoms with Gasteiger partial charge in [0.05, 0.1) is 5.39 Å². The smallest absolute Gasteiger partial charge is 0.226 e. The summed E-state index contributed by atoms with van der Waals surface area (Å²) < 4.78 is 5.26. The fourth-order valence-corrected chi connectivity index (χ4v) is 3.65. The summed E-state index contributed by atoms with van der Waals surface area (Å²) >= 11 is 0. The maximum absolute atomic E-state index is 5.26. The van der Waals surface area contributed by atoms with E-state index in [1.54, 1.807) is 6.33 Å². The van der Waals surface area contributed by atoms with Crippen molar-refractivity contribution >= 4 is 16.9 Å². The van der Waals surface area contributed by atoms with Crippen LogP contribution in [0.3, 0.4) is 0 Å². The molecule has 1 aliphatic heterocycles. The third kappa shape index (κ3) is 3.18. The monoisotopic (exact) mass is 338 g/mol. The minimum Gasteiger partial charge on any atom is -0.356 e. The van der Waals surface area contributed by atoms with Crippen LogP contribution in [-0.2, 0) is 6.42 Å². The lowest BCUT2D eigenvalue weighted by Crippen LogP contribution is -2.35. The number of aryl methyl sites for hydroxylation is 3. The van der Waals surface area contributed by atoms with Crippen LogP contribution in [0.4, 0.5) is 5.82 Å². The summed E-state index contributed by atoms with van der Waals surface area (Å²) in [7, 11) is 0. The molecule has 7 heteroatoms. The topological polar surface area (TPSA) is 80.8 Å². The molecule has 4 rings (SSSR count). The van der Waals surface area contributed by atoms with Gasteiger partial charge in [-0.05, 0) is 51.2 Å². The Kier molecular flexibility index (Phi) is 4.07. The molecule has 1 saturated heterocycles. The number of hydrogen-bond donors (Lipinski definition) is 0. The van der Waals surface area contributed by atoms with E-state index in [2.05, 4.69) is 43.0 Å². The average molecular weight is 338 g/mol. The van der Waals surface area contributed by atoms with Crippen molar-refractivity contribution in [3.05, 3.63) is 35.4 Å². The van der Waals surface area contributed by atoms with Gasteiger partial charge in [-0.25, -0.2) is 15.0 Å². The largest absolute Gasteiger partial charge is 0.356 e. The van der Waals surface area contributed by atoms with Crippen molar-refractivity contribution in [3.8, 4) is 0 Å². The SMILES string of the molecule is Cc1cc(C)c2c(N3CCC(Cc4nc(C)no4)CC3)ncnc2n1. The molecule has 1 aliphatic rings. The van der Waals surface area contributed by atoms with E-state index >= 15 is 0 Å². The summed E-state index contributed by atoms with van der Waals surface area (Å²) in [5, 5.41) is 4.94. The van der Waals surface area contributed by atoms with Crippen LogP contribution in [0, 0.1) is 26.7 Å². The van der Waals surface area contributed by atoms with Crippen molar-refractivity contribution in [2.45, 2.75) is 40.0 Å². The van der Waals surface area contributed by atoms with Crippen molar-refractivity contribution in [1.29, 1.82) is 0 Å². The first kappa shape index (κ1) is 15.9. The normalized spacial score (nSPS) is 15.9. The molecule has 0 amide bonds. The summed E-state index contributed by atoms with van der Waals surface area (Å²) in [5.41, 5.74) is 2.95. The Bertz CT molecular complexity index is 898. The standard InChI is InChI=1S/C18H22N6O/c1-11-8-12(2)21-17-16(11)18(20-10-19-17)24-6-4-14(5-7-24)9-15-22-13(3)23-25-15/h8,10,14H,4-7,9H2,1-3H3. The fraction of sp³-hybridized carbons (Fsp3) is 0.500. The van der Waals surface area contributed by atoms with Gasteiger partial charge < -0.3 is 9.42 Å². The van der Waals surface area contributed by atoms with Crippen molar-refractivity contribution < 1.29 is 4.52 Å². The summed E-state index contributed by atoms with van der Waals surface area (Å²) in [4.78, 5) is 20.2. The molecule has 0 spiro atoms.